The van der Waals surface area contributed by atoms with E-state index in [-0.39, 0.29) is 17.3 Å². The van der Waals surface area contributed by atoms with Gasteiger partial charge in [-0.3, -0.25) is 10.6 Å². The van der Waals surface area contributed by atoms with Gasteiger partial charge in [-0.05, 0) is 31.0 Å². The summed E-state index contributed by atoms with van der Waals surface area (Å²) in [6.07, 6.45) is 3.82. The summed E-state index contributed by atoms with van der Waals surface area (Å²) in [4.78, 5) is 26.6. The Labute approximate surface area is 199 Å². The third kappa shape index (κ3) is 4.69. The fraction of sp³-hybridized carbons (Fsp3) is 0.348. The lowest BCUT2D eigenvalue weighted by atomic mass is 9.93. The molecule has 0 saturated heterocycles. The number of halogens is 1. The number of carbonyl (C=O) groups excluding carboxylic acids is 1. The number of anilines is 3. The number of aryl methyl sites for hydroxylation is 1. The molecule has 3 N–H and O–H groups in total. The van der Waals surface area contributed by atoms with Gasteiger partial charge in [-0.25, -0.2) is 24.1 Å². The molecule has 0 spiro atoms. The Morgan fingerprint density at radius 1 is 1.21 bits per heavy atom. The Bertz CT molecular complexity index is 1360. The maximum atomic E-state index is 13.8. The molecule has 3 aromatic heterocycles. The highest BCUT2D eigenvalue weighted by Gasteiger charge is 2.25. The average Bonchev–Trinajstić information content (AvgIpc) is 3.40. The first-order valence-electron chi connectivity index (χ1n) is 11.0. The second-order valence-electron chi connectivity index (χ2n) is 9.26. The second kappa shape index (κ2) is 8.64. The summed E-state index contributed by atoms with van der Waals surface area (Å²) in [7, 11) is 0. The summed E-state index contributed by atoms with van der Waals surface area (Å²) in [5, 5.41) is 14.0. The molecular weight excluding hydrogens is 457 g/mol. The third-order valence-electron chi connectivity index (χ3n) is 5.59. The van der Waals surface area contributed by atoms with Crippen molar-refractivity contribution in [3.05, 3.63) is 52.7 Å². The predicted octanol–water partition coefficient (Wildman–Crippen LogP) is 5.12. The van der Waals surface area contributed by atoms with Crippen LogP contribution >= 0.6 is 11.3 Å². The van der Waals surface area contributed by atoms with Crippen molar-refractivity contribution in [2.24, 2.45) is 0 Å². The number of hydrogen-bond donors (Lipinski definition) is 3. The van der Waals surface area contributed by atoms with Crippen molar-refractivity contribution < 1.29 is 13.7 Å². The van der Waals surface area contributed by atoms with Gasteiger partial charge >= 0.3 is 6.03 Å². The number of nitrogens with one attached hydrogen (secondary N) is 3. The number of urea groups is 1. The number of benzene rings is 1. The SMILES string of the molecule is CC(C)(C)c1cc(NC(=O)Nc2nc3c(s2)CC(Nc2ncnc4ccc(F)cc24)CC3)no1. The lowest BCUT2D eigenvalue weighted by Gasteiger charge is -2.23. The average molecular weight is 482 g/mol. The number of nitrogens with zero attached hydrogens (tertiary/aromatic N) is 4. The minimum Gasteiger partial charge on any atom is -0.366 e. The van der Waals surface area contributed by atoms with E-state index < -0.39 is 6.03 Å². The maximum absolute atomic E-state index is 13.8. The molecule has 1 unspecified atom stereocenters. The zero-order chi connectivity index (χ0) is 23.9. The lowest BCUT2D eigenvalue weighted by Crippen LogP contribution is -2.27. The molecule has 5 rings (SSSR count). The molecule has 1 aliphatic rings. The van der Waals surface area contributed by atoms with Crippen molar-refractivity contribution >= 4 is 45.0 Å². The van der Waals surface area contributed by atoms with Gasteiger partial charge in [0.2, 0.25) is 0 Å². The molecule has 1 atom stereocenters. The first-order valence-corrected chi connectivity index (χ1v) is 11.8. The van der Waals surface area contributed by atoms with Crippen molar-refractivity contribution in [3.8, 4) is 0 Å². The number of fused-ring (bicyclic) bond motifs is 2. The van der Waals surface area contributed by atoms with E-state index in [1.807, 2.05) is 20.8 Å². The van der Waals surface area contributed by atoms with Crippen LogP contribution in [0.2, 0.25) is 0 Å². The molecule has 1 aliphatic carbocycles. The van der Waals surface area contributed by atoms with Gasteiger partial charge in [0.15, 0.2) is 10.9 Å². The van der Waals surface area contributed by atoms with Gasteiger partial charge in [0.05, 0.1) is 11.2 Å². The number of rotatable bonds is 4. The van der Waals surface area contributed by atoms with Crippen molar-refractivity contribution in [1.29, 1.82) is 0 Å². The minimum absolute atomic E-state index is 0.113. The Kier molecular flexibility index (Phi) is 5.64. The van der Waals surface area contributed by atoms with Crippen LogP contribution in [0.1, 0.15) is 43.5 Å². The summed E-state index contributed by atoms with van der Waals surface area (Å²) in [6.45, 7) is 6.02. The van der Waals surface area contributed by atoms with E-state index in [0.29, 0.717) is 33.4 Å². The number of hydrogen-bond acceptors (Lipinski definition) is 8. The number of aromatic nitrogens is 4. The van der Waals surface area contributed by atoms with E-state index in [1.54, 1.807) is 12.1 Å². The molecule has 0 aliphatic heterocycles. The number of thiazole rings is 1. The normalized spacial score (nSPS) is 15.7. The van der Waals surface area contributed by atoms with E-state index in [0.717, 1.165) is 29.8 Å². The zero-order valence-corrected chi connectivity index (χ0v) is 19.8. The van der Waals surface area contributed by atoms with Crippen LogP contribution in [-0.4, -0.2) is 32.2 Å². The summed E-state index contributed by atoms with van der Waals surface area (Å²) >= 11 is 1.44. The summed E-state index contributed by atoms with van der Waals surface area (Å²) < 4.78 is 19.0. The van der Waals surface area contributed by atoms with Crippen LogP contribution in [0.4, 0.5) is 26.0 Å². The third-order valence-corrected chi connectivity index (χ3v) is 6.62. The highest BCUT2D eigenvalue weighted by Crippen LogP contribution is 2.32. The van der Waals surface area contributed by atoms with E-state index in [4.69, 9.17) is 4.52 Å². The summed E-state index contributed by atoms with van der Waals surface area (Å²) in [6, 6.07) is 5.88. The van der Waals surface area contributed by atoms with Crippen LogP contribution in [0.15, 0.2) is 35.1 Å². The largest absolute Gasteiger partial charge is 0.366 e. The fourth-order valence-corrected chi connectivity index (χ4v) is 4.90. The van der Waals surface area contributed by atoms with Crippen molar-refractivity contribution in [3.63, 3.8) is 0 Å². The smallest absolute Gasteiger partial charge is 0.326 e. The van der Waals surface area contributed by atoms with Gasteiger partial charge < -0.3 is 9.84 Å². The molecule has 1 aromatic carbocycles. The fourth-order valence-electron chi connectivity index (χ4n) is 3.82. The van der Waals surface area contributed by atoms with E-state index >= 15 is 0 Å². The molecule has 4 aromatic rings. The van der Waals surface area contributed by atoms with Crippen LogP contribution in [0.5, 0.6) is 0 Å². The molecule has 34 heavy (non-hydrogen) atoms. The van der Waals surface area contributed by atoms with E-state index in [9.17, 15) is 9.18 Å². The summed E-state index contributed by atoms with van der Waals surface area (Å²) in [5.41, 5.74) is 1.47. The standard InChI is InChI=1S/C23H24FN7O2S/c1-23(2,3)18-10-19(31-33-18)29-21(32)30-22-28-16-7-5-13(9-17(16)34-22)27-20-14-8-12(24)4-6-15(14)25-11-26-20/h4,6,8,10-11,13H,5,7,9H2,1-3H3,(H,25,26,27)(H2,28,29,30,31,32). The maximum Gasteiger partial charge on any atom is 0.326 e. The van der Waals surface area contributed by atoms with Crippen LogP contribution in [0.25, 0.3) is 10.9 Å². The Hall–Kier alpha value is -3.60. The predicted molar refractivity (Wildman–Crippen MR) is 129 cm³/mol. The molecule has 3 heterocycles. The molecule has 0 radical (unpaired) electrons. The topological polar surface area (TPSA) is 118 Å². The molecule has 0 fully saturated rings. The molecular formula is C23H24FN7O2S. The minimum atomic E-state index is -0.427. The van der Waals surface area contributed by atoms with Crippen molar-refractivity contribution in [1.82, 2.24) is 20.1 Å². The highest BCUT2D eigenvalue weighted by atomic mass is 32.1. The van der Waals surface area contributed by atoms with Gasteiger partial charge in [0, 0.05) is 34.2 Å². The Balaban J connectivity index is 1.24. The van der Waals surface area contributed by atoms with Gasteiger partial charge in [0.25, 0.3) is 0 Å². The van der Waals surface area contributed by atoms with Crippen LogP contribution < -0.4 is 16.0 Å². The molecule has 0 saturated carbocycles. The molecule has 0 bridgehead atoms. The molecule has 2 amide bonds. The van der Waals surface area contributed by atoms with Crippen molar-refractivity contribution in [2.75, 3.05) is 16.0 Å². The first kappa shape index (κ1) is 22.2. The molecule has 11 heteroatoms. The van der Waals surface area contributed by atoms with Crippen molar-refractivity contribution in [2.45, 2.75) is 51.5 Å². The number of amides is 2. The van der Waals surface area contributed by atoms with Gasteiger partial charge in [0.1, 0.15) is 23.7 Å². The van der Waals surface area contributed by atoms with Gasteiger partial charge in [-0.1, -0.05) is 25.9 Å². The second-order valence-corrected chi connectivity index (χ2v) is 10.3. The number of carbonyl (C=O) groups is 1. The van der Waals surface area contributed by atoms with Gasteiger partial charge in [-0.15, -0.1) is 11.3 Å². The van der Waals surface area contributed by atoms with Crippen LogP contribution in [-0.2, 0) is 18.3 Å². The van der Waals surface area contributed by atoms with E-state index in [2.05, 4.69) is 36.1 Å². The first-order chi connectivity index (χ1) is 16.2. The summed E-state index contributed by atoms with van der Waals surface area (Å²) in [5.74, 6) is 1.32. The lowest BCUT2D eigenvalue weighted by molar-refractivity contribution is 0.262. The zero-order valence-electron chi connectivity index (χ0n) is 19.0. The quantitative estimate of drug-likeness (QED) is 0.370. The highest BCUT2D eigenvalue weighted by molar-refractivity contribution is 7.15. The van der Waals surface area contributed by atoms with E-state index in [1.165, 1.54) is 29.8 Å². The van der Waals surface area contributed by atoms with Crippen LogP contribution in [0, 0.1) is 5.82 Å². The molecule has 9 nitrogen and oxygen atoms in total. The van der Waals surface area contributed by atoms with Gasteiger partial charge in [-0.2, -0.15) is 0 Å². The molecule has 176 valence electrons. The Morgan fingerprint density at radius 2 is 2.06 bits per heavy atom. The Morgan fingerprint density at radius 3 is 2.85 bits per heavy atom. The monoisotopic (exact) mass is 481 g/mol. The van der Waals surface area contributed by atoms with Crippen LogP contribution in [0.3, 0.4) is 0 Å².